The highest BCUT2D eigenvalue weighted by Crippen LogP contribution is 2.23. The van der Waals surface area contributed by atoms with Gasteiger partial charge in [-0.25, -0.2) is 14.5 Å². The van der Waals surface area contributed by atoms with Gasteiger partial charge in [0.1, 0.15) is 5.82 Å². The molecule has 8 nitrogen and oxygen atoms in total. The molecule has 1 atom stereocenters. The molecule has 25 heavy (non-hydrogen) atoms. The van der Waals surface area contributed by atoms with Crippen LogP contribution in [0.1, 0.15) is 50.7 Å². The van der Waals surface area contributed by atoms with Gasteiger partial charge in [0.15, 0.2) is 5.65 Å². The summed E-state index contributed by atoms with van der Waals surface area (Å²) in [5.74, 6) is 1.77. The third-order valence-corrected chi connectivity index (χ3v) is 4.21. The molecule has 4 heterocycles. The van der Waals surface area contributed by atoms with Crippen molar-refractivity contribution < 1.29 is 0 Å². The molecule has 0 bridgehead atoms. The monoisotopic (exact) mass is 336 g/mol. The number of fused-ring (bicyclic) bond motifs is 2. The summed E-state index contributed by atoms with van der Waals surface area (Å²) >= 11 is 0. The zero-order valence-corrected chi connectivity index (χ0v) is 14.7. The van der Waals surface area contributed by atoms with Crippen LogP contribution in [0.25, 0.3) is 11.4 Å². The summed E-state index contributed by atoms with van der Waals surface area (Å²) < 4.78 is 3.68. The fourth-order valence-electron chi connectivity index (χ4n) is 2.92. The summed E-state index contributed by atoms with van der Waals surface area (Å²) in [6, 6.07) is 1.85. The fourth-order valence-corrected chi connectivity index (χ4v) is 2.92. The van der Waals surface area contributed by atoms with Crippen LogP contribution in [0.5, 0.6) is 0 Å². The Hall–Kier alpha value is -2.90. The minimum absolute atomic E-state index is 0.0917. The molecule has 0 aromatic carbocycles. The smallest absolute Gasteiger partial charge is 0.254 e. The molecule has 0 aliphatic heterocycles. The van der Waals surface area contributed by atoms with Crippen LogP contribution in [0.15, 0.2) is 30.9 Å². The summed E-state index contributed by atoms with van der Waals surface area (Å²) in [4.78, 5) is 9.07. The molecule has 4 aromatic rings. The van der Waals surface area contributed by atoms with Crippen LogP contribution in [0.3, 0.4) is 0 Å². The SMILES string of the molecule is CC(Cc1cnc2nnc(C(C)(C)C)n2c1)c1cn2nnccc2n1. The highest BCUT2D eigenvalue weighted by molar-refractivity contribution is 5.37. The van der Waals surface area contributed by atoms with Gasteiger partial charge in [0.2, 0.25) is 0 Å². The molecule has 128 valence electrons. The number of hydrogen-bond acceptors (Lipinski definition) is 6. The average molecular weight is 336 g/mol. The summed E-state index contributed by atoms with van der Waals surface area (Å²) in [6.45, 7) is 8.51. The number of nitrogens with zero attached hydrogens (tertiary/aromatic N) is 8. The molecule has 0 aliphatic carbocycles. The van der Waals surface area contributed by atoms with E-state index < -0.39 is 0 Å². The predicted octanol–water partition coefficient (Wildman–Crippen LogP) is 2.21. The van der Waals surface area contributed by atoms with Crippen LogP contribution < -0.4 is 0 Å². The molecule has 8 heteroatoms. The molecule has 0 saturated carbocycles. The summed E-state index contributed by atoms with van der Waals surface area (Å²) in [7, 11) is 0. The first-order valence-corrected chi connectivity index (χ1v) is 8.29. The first-order valence-electron chi connectivity index (χ1n) is 8.29. The Labute approximate surface area is 145 Å². The molecule has 0 saturated heterocycles. The Morgan fingerprint density at radius 1 is 1.16 bits per heavy atom. The van der Waals surface area contributed by atoms with E-state index in [1.165, 1.54) is 0 Å². The molecule has 4 rings (SSSR count). The molecule has 0 fully saturated rings. The van der Waals surface area contributed by atoms with E-state index in [-0.39, 0.29) is 11.3 Å². The Morgan fingerprint density at radius 2 is 2.00 bits per heavy atom. The van der Waals surface area contributed by atoms with Crippen LogP contribution in [0.2, 0.25) is 0 Å². The van der Waals surface area contributed by atoms with Crippen molar-refractivity contribution in [1.82, 2.24) is 39.4 Å². The normalized spacial score (nSPS) is 13.6. The van der Waals surface area contributed by atoms with Crippen molar-refractivity contribution in [2.24, 2.45) is 0 Å². The average Bonchev–Trinajstić information content (AvgIpc) is 3.17. The molecular formula is C17H20N8. The van der Waals surface area contributed by atoms with Gasteiger partial charge in [-0.1, -0.05) is 32.9 Å². The lowest BCUT2D eigenvalue weighted by molar-refractivity contribution is 0.537. The fraction of sp³-hybridized carbons (Fsp3) is 0.412. The van der Waals surface area contributed by atoms with E-state index >= 15 is 0 Å². The molecular weight excluding hydrogens is 316 g/mol. The van der Waals surface area contributed by atoms with Gasteiger partial charge < -0.3 is 0 Å². The summed E-state index contributed by atoms with van der Waals surface area (Å²) in [5.41, 5.74) is 2.82. The Balaban J connectivity index is 1.65. The van der Waals surface area contributed by atoms with Crippen LogP contribution in [-0.4, -0.2) is 39.4 Å². The number of rotatable bonds is 3. The molecule has 1 unspecified atom stereocenters. The maximum absolute atomic E-state index is 4.63. The van der Waals surface area contributed by atoms with Gasteiger partial charge in [-0.3, -0.25) is 4.40 Å². The van der Waals surface area contributed by atoms with E-state index in [1.807, 2.05) is 22.9 Å². The van der Waals surface area contributed by atoms with Crippen LogP contribution in [-0.2, 0) is 11.8 Å². The second-order valence-corrected chi connectivity index (χ2v) is 7.40. The van der Waals surface area contributed by atoms with Crippen molar-refractivity contribution in [3.63, 3.8) is 0 Å². The van der Waals surface area contributed by atoms with Crippen LogP contribution in [0.4, 0.5) is 0 Å². The van der Waals surface area contributed by atoms with Gasteiger partial charge in [0, 0.05) is 29.8 Å². The van der Waals surface area contributed by atoms with E-state index in [1.54, 1.807) is 10.7 Å². The first kappa shape index (κ1) is 15.6. The number of imidazole rings is 1. The summed E-state index contributed by atoms with van der Waals surface area (Å²) in [6.07, 6.45) is 8.34. The van der Waals surface area contributed by atoms with Gasteiger partial charge >= 0.3 is 0 Å². The second kappa shape index (κ2) is 5.58. The number of hydrogen-bond donors (Lipinski definition) is 0. The summed E-state index contributed by atoms with van der Waals surface area (Å²) in [5, 5.41) is 16.4. The number of aromatic nitrogens is 8. The first-order chi connectivity index (χ1) is 11.9. The van der Waals surface area contributed by atoms with E-state index in [2.05, 4.69) is 64.4 Å². The molecule has 0 amide bonds. The quantitative estimate of drug-likeness (QED) is 0.570. The lowest BCUT2D eigenvalue weighted by Gasteiger charge is -2.16. The van der Waals surface area contributed by atoms with Crippen molar-refractivity contribution in [1.29, 1.82) is 0 Å². The topological polar surface area (TPSA) is 86.2 Å². The van der Waals surface area contributed by atoms with E-state index in [4.69, 9.17) is 0 Å². The van der Waals surface area contributed by atoms with Crippen molar-refractivity contribution in [3.05, 3.63) is 47.9 Å². The lowest BCUT2D eigenvalue weighted by Crippen LogP contribution is -2.16. The zero-order chi connectivity index (χ0) is 17.6. The van der Waals surface area contributed by atoms with Crippen molar-refractivity contribution in [2.75, 3.05) is 0 Å². The second-order valence-electron chi connectivity index (χ2n) is 7.40. The largest absolute Gasteiger partial charge is 0.270 e. The van der Waals surface area contributed by atoms with Gasteiger partial charge in [0.25, 0.3) is 5.78 Å². The van der Waals surface area contributed by atoms with Gasteiger partial charge in [-0.05, 0) is 12.0 Å². The van der Waals surface area contributed by atoms with E-state index in [0.717, 1.165) is 29.1 Å². The van der Waals surface area contributed by atoms with Crippen molar-refractivity contribution in [2.45, 2.75) is 45.4 Å². The third kappa shape index (κ3) is 2.84. The van der Waals surface area contributed by atoms with Crippen LogP contribution in [0, 0.1) is 0 Å². The van der Waals surface area contributed by atoms with Crippen LogP contribution >= 0.6 is 0 Å². The van der Waals surface area contributed by atoms with Gasteiger partial charge in [-0.2, -0.15) is 0 Å². The lowest BCUT2D eigenvalue weighted by atomic mass is 9.96. The minimum Gasteiger partial charge on any atom is -0.270 e. The molecule has 0 N–H and O–H groups in total. The molecule has 4 aromatic heterocycles. The zero-order valence-electron chi connectivity index (χ0n) is 14.7. The van der Waals surface area contributed by atoms with E-state index in [0.29, 0.717) is 5.78 Å². The van der Waals surface area contributed by atoms with Gasteiger partial charge in [0.05, 0.1) is 18.1 Å². The maximum atomic E-state index is 4.63. The Kier molecular flexibility index (Phi) is 3.48. The Bertz CT molecular complexity index is 1010. The van der Waals surface area contributed by atoms with Gasteiger partial charge in [-0.15, -0.1) is 15.3 Å². The van der Waals surface area contributed by atoms with Crippen molar-refractivity contribution >= 4 is 11.4 Å². The molecule has 0 radical (unpaired) electrons. The van der Waals surface area contributed by atoms with Crippen molar-refractivity contribution in [3.8, 4) is 0 Å². The maximum Gasteiger partial charge on any atom is 0.254 e. The predicted molar refractivity (Wildman–Crippen MR) is 92.4 cm³/mol. The minimum atomic E-state index is -0.0917. The Morgan fingerprint density at radius 3 is 2.76 bits per heavy atom. The molecule has 0 spiro atoms. The highest BCUT2D eigenvalue weighted by atomic mass is 15.4. The van der Waals surface area contributed by atoms with E-state index in [9.17, 15) is 0 Å². The third-order valence-electron chi connectivity index (χ3n) is 4.21. The molecule has 0 aliphatic rings. The standard InChI is InChI=1S/C17H20N8/c1-11(13-10-25-14(20-13)5-6-19-23-25)7-12-8-18-16-22-21-15(17(2,3)4)24(16)9-12/h5-6,8-11H,7H2,1-4H3. The highest BCUT2D eigenvalue weighted by Gasteiger charge is 2.21.